The van der Waals surface area contributed by atoms with E-state index in [1.54, 1.807) is 36.4 Å². The summed E-state index contributed by atoms with van der Waals surface area (Å²) in [5.41, 5.74) is 0.568. The van der Waals surface area contributed by atoms with Crippen LogP contribution in [0.4, 0.5) is 5.69 Å². The number of para-hydroxylation sites is 1. The number of hydrogen-bond acceptors (Lipinski definition) is 4. The molecule has 0 saturated heterocycles. The molecule has 25 heavy (non-hydrogen) atoms. The first-order valence-corrected chi connectivity index (χ1v) is 7.92. The predicted octanol–water partition coefficient (Wildman–Crippen LogP) is 3.13. The van der Waals surface area contributed by atoms with Crippen molar-refractivity contribution in [3.63, 3.8) is 0 Å². The molecule has 2 heterocycles. The van der Waals surface area contributed by atoms with Gasteiger partial charge in [0.05, 0.1) is 21.6 Å². The summed E-state index contributed by atoms with van der Waals surface area (Å²) in [5, 5.41) is 10.5. The van der Waals surface area contributed by atoms with Crippen molar-refractivity contribution in [2.45, 2.75) is 0 Å². The number of amides is 1. The Kier molecular flexibility index (Phi) is 3.67. The number of nitrogens with zero attached hydrogens (tertiary/aromatic N) is 3. The van der Waals surface area contributed by atoms with E-state index in [1.165, 1.54) is 10.6 Å². The molecule has 0 bridgehead atoms. The molecule has 124 valence electrons. The molecule has 0 fully saturated rings. The normalized spacial score (nSPS) is 11.1. The fourth-order valence-electron chi connectivity index (χ4n) is 2.51. The van der Waals surface area contributed by atoms with E-state index in [0.717, 1.165) is 0 Å². The van der Waals surface area contributed by atoms with E-state index in [9.17, 15) is 9.59 Å². The molecule has 0 radical (unpaired) electrons. The molecule has 0 aliphatic carbocycles. The van der Waals surface area contributed by atoms with Crippen molar-refractivity contribution in [3.8, 4) is 0 Å². The monoisotopic (exact) mass is 373 g/mol. The van der Waals surface area contributed by atoms with E-state index < -0.39 is 11.5 Å². The molecule has 7 nitrogen and oxygen atoms in total. The topological polar surface area (TPSA) is 92.2 Å². The van der Waals surface area contributed by atoms with Gasteiger partial charge in [-0.3, -0.25) is 9.59 Å². The zero-order valence-corrected chi connectivity index (χ0v) is 14.0. The molecule has 0 aliphatic heterocycles. The summed E-state index contributed by atoms with van der Waals surface area (Å²) in [7, 11) is 0. The molecular formula is C16H9Cl2N5O2. The largest absolute Gasteiger partial charge is 0.319 e. The maximum Gasteiger partial charge on any atom is 0.281 e. The predicted molar refractivity (Wildman–Crippen MR) is 95.5 cm³/mol. The first-order valence-electron chi connectivity index (χ1n) is 7.17. The van der Waals surface area contributed by atoms with Crippen molar-refractivity contribution in [2.75, 3.05) is 5.32 Å². The van der Waals surface area contributed by atoms with Gasteiger partial charge in [-0.1, -0.05) is 35.3 Å². The lowest BCUT2D eigenvalue weighted by Crippen LogP contribution is -2.16. The average molecular weight is 374 g/mol. The molecule has 0 aliphatic rings. The number of nitrogens with one attached hydrogen (secondary N) is 2. The standard InChI is InChI=1S/C16H9Cl2N5O2/c17-8-5-6-10(18)11(7-8)19-16(25)13-14-20-15(24)9-3-1-2-4-12(9)23(14)22-21-13/h1-7,22H,(H,19,25). The number of H-pyrrole nitrogens is 1. The molecule has 2 N–H and O–H groups in total. The zero-order chi connectivity index (χ0) is 17.6. The summed E-state index contributed by atoms with van der Waals surface area (Å²) in [6.45, 7) is 0. The maximum atomic E-state index is 12.5. The number of fused-ring (bicyclic) bond motifs is 3. The minimum atomic E-state index is -0.565. The number of aromatic nitrogens is 4. The van der Waals surface area contributed by atoms with Crippen LogP contribution in [-0.2, 0) is 0 Å². The van der Waals surface area contributed by atoms with Gasteiger partial charge in [0.15, 0.2) is 11.3 Å². The number of benzene rings is 2. The van der Waals surface area contributed by atoms with E-state index in [4.69, 9.17) is 23.2 Å². The van der Waals surface area contributed by atoms with E-state index in [1.807, 2.05) is 0 Å². The van der Waals surface area contributed by atoms with Gasteiger partial charge >= 0.3 is 0 Å². The summed E-state index contributed by atoms with van der Waals surface area (Å²) >= 11 is 12.0. The Morgan fingerprint density at radius 3 is 2.80 bits per heavy atom. The Morgan fingerprint density at radius 1 is 1.16 bits per heavy atom. The molecule has 0 saturated carbocycles. The number of hydrogen-bond donors (Lipinski definition) is 2. The minimum Gasteiger partial charge on any atom is -0.319 e. The lowest BCUT2D eigenvalue weighted by molar-refractivity contribution is 0.102. The highest BCUT2D eigenvalue weighted by molar-refractivity contribution is 6.36. The SMILES string of the molecule is O=C(Nc1cc(Cl)ccc1Cl)c1n[nH]n2c1nc(=O)c1ccccc12. The molecule has 2 aromatic heterocycles. The summed E-state index contributed by atoms with van der Waals surface area (Å²) in [4.78, 5) is 28.7. The van der Waals surface area contributed by atoms with Crippen LogP contribution < -0.4 is 10.9 Å². The van der Waals surface area contributed by atoms with Gasteiger partial charge in [0.25, 0.3) is 11.5 Å². The minimum absolute atomic E-state index is 0.0288. The second kappa shape index (κ2) is 5.87. The zero-order valence-electron chi connectivity index (χ0n) is 12.5. The molecule has 4 rings (SSSR count). The van der Waals surface area contributed by atoms with E-state index in [-0.39, 0.29) is 11.3 Å². The maximum absolute atomic E-state index is 12.5. The van der Waals surface area contributed by atoms with Crippen LogP contribution in [0.1, 0.15) is 10.5 Å². The number of carbonyl (C=O) groups is 1. The second-order valence-electron chi connectivity index (χ2n) is 5.23. The van der Waals surface area contributed by atoms with Crippen LogP contribution in [0.5, 0.6) is 0 Å². The van der Waals surface area contributed by atoms with Crippen LogP contribution in [0, 0.1) is 0 Å². The highest BCUT2D eigenvalue weighted by Gasteiger charge is 2.19. The average Bonchev–Trinajstić information content (AvgIpc) is 3.02. The van der Waals surface area contributed by atoms with Crippen LogP contribution in [-0.4, -0.2) is 25.7 Å². The quantitative estimate of drug-likeness (QED) is 0.564. The van der Waals surface area contributed by atoms with Crippen molar-refractivity contribution >= 4 is 51.3 Å². The van der Waals surface area contributed by atoms with E-state index >= 15 is 0 Å². The van der Waals surface area contributed by atoms with Gasteiger partial charge in [-0.15, -0.1) is 5.10 Å². The van der Waals surface area contributed by atoms with E-state index in [2.05, 4.69) is 20.6 Å². The first-order chi connectivity index (χ1) is 12.0. The number of carbonyl (C=O) groups excluding carboxylic acids is 1. The molecule has 9 heteroatoms. The van der Waals surface area contributed by atoms with Gasteiger partial charge in [-0.25, -0.2) is 9.73 Å². The van der Waals surface area contributed by atoms with Gasteiger partial charge in [0, 0.05) is 5.02 Å². The summed E-state index contributed by atoms with van der Waals surface area (Å²) in [5.74, 6) is -0.565. The van der Waals surface area contributed by atoms with Crippen molar-refractivity contribution in [1.29, 1.82) is 0 Å². The molecule has 2 aromatic carbocycles. The molecular weight excluding hydrogens is 365 g/mol. The van der Waals surface area contributed by atoms with Crippen LogP contribution in [0.3, 0.4) is 0 Å². The number of anilines is 1. The van der Waals surface area contributed by atoms with Gasteiger partial charge in [-0.05, 0) is 30.3 Å². The molecule has 0 spiro atoms. The van der Waals surface area contributed by atoms with Crippen molar-refractivity contribution in [2.24, 2.45) is 0 Å². The summed E-state index contributed by atoms with van der Waals surface area (Å²) in [6.07, 6.45) is 0. The highest BCUT2D eigenvalue weighted by atomic mass is 35.5. The van der Waals surface area contributed by atoms with Crippen molar-refractivity contribution in [1.82, 2.24) is 19.8 Å². The third kappa shape index (κ3) is 2.63. The summed E-state index contributed by atoms with van der Waals surface area (Å²) < 4.78 is 1.48. The first kappa shape index (κ1) is 15.6. The fraction of sp³-hybridized carbons (Fsp3) is 0. The number of halogens is 2. The van der Waals surface area contributed by atoms with Gasteiger partial charge in [-0.2, -0.15) is 4.98 Å². The van der Waals surface area contributed by atoms with Gasteiger partial charge in [0.1, 0.15) is 0 Å². The van der Waals surface area contributed by atoms with Crippen LogP contribution in [0.2, 0.25) is 10.0 Å². The van der Waals surface area contributed by atoms with Crippen LogP contribution in [0.15, 0.2) is 47.3 Å². The lowest BCUT2D eigenvalue weighted by atomic mass is 10.2. The molecule has 0 unspecified atom stereocenters. The van der Waals surface area contributed by atoms with Gasteiger partial charge < -0.3 is 5.32 Å². The Bertz CT molecular complexity index is 1200. The fourth-order valence-corrected chi connectivity index (χ4v) is 2.84. The third-order valence-electron chi connectivity index (χ3n) is 3.66. The molecule has 1 amide bonds. The Morgan fingerprint density at radius 2 is 1.96 bits per heavy atom. The van der Waals surface area contributed by atoms with Crippen LogP contribution >= 0.6 is 23.2 Å². The Balaban J connectivity index is 1.83. The Labute approximate surface area is 150 Å². The molecule has 4 aromatic rings. The number of aromatic amines is 1. The second-order valence-corrected chi connectivity index (χ2v) is 6.08. The number of rotatable bonds is 2. The van der Waals surface area contributed by atoms with Crippen molar-refractivity contribution < 1.29 is 4.79 Å². The van der Waals surface area contributed by atoms with Gasteiger partial charge in [0.2, 0.25) is 0 Å². The summed E-state index contributed by atoms with van der Waals surface area (Å²) in [6, 6.07) is 11.6. The highest BCUT2D eigenvalue weighted by Crippen LogP contribution is 2.26. The lowest BCUT2D eigenvalue weighted by Gasteiger charge is -2.06. The molecule has 0 atom stereocenters. The Hall–Kier alpha value is -2.90. The van der Waals surface area contributed by atoms with Crippen molar-refractivity contribution in [3.05, 3.63) is 68.6 Å². The smallest absolute Gasteiger partial charge is 0.281 e. The third-order valence-corrected chi connectivity index (χ3v) is 4.22. The van der Waals surface area contributed by atoms with Crippen LogP contribution in [0.25, 0.3) is 16.6 Å². The van der Waals surface area contributed by atoms with E-state index in [0.29, 0.717) is 26.6 Å².